The van der Waals surface area contributed by atoms with Crippen LogP contribution in [0.2, 0.25) is 0 Å². The molecule has 0 aliphatic carbocycles. The highest BCUT2D eigenvalue weighted by Crippen LogP contribution is 2.28. The third-order valence-corrected chi connectivity index (χ3v) is 6.27. The predicted octanol–water partition coefficient (Wildman–Crippen LogP) is 3.68. The lowest BCUT2D eigenvalue weighted by Gasteiger charge is -2.22. The zero-order valence-corrected chi connectivity index (χ0v) is 16.6. The van der Waals surface area contributed by atoms with E-state index < -0.39 is 0 Å². The smallest absolute Gasteiger partial charge is 0.255 e. The van der Waals surface area contributed by atoms with Crippen molar-refractivity contribution in [3.05, 3.63) is 64.0 Å². The molecule has 0 spiro atoms. The van der Waals surface area contributed by atoms with Crippen molar-refractivity contribution < 1.29 is 0 Å². The van der Waals surface area contributed by atoms with E-state index in [1.807, 2.05) is 19.2 Å². The molecule has 1 saturated heterocycles. The molecule has 1 aromatic carbocycles. The van der Waals surface area contributed by atoms with Crippen molar-refractivity contribution in [1.29, 1.82) is 0 Å². The number of nitrogens with zero attached hydrogens (tertiary/aromatic N) is 3. The molecule has 0 bridgehead atoms. The van der Waals surface area contributed by atoms with Crippen molar-refractivity contribution in [1.82, 2.24) is 14.7 Å². The summed E-state index contributed by atoms with van der Waals surface area (Å²) in [6.45, 7) is 6.02. The molecule has 0 saturated carbocycles. The second kappa shape index (κ2) is 7.04. The Morgan fingerprint density at radius 1 is 1.04 bits per heavy atom. The summed E-state index contributed by atoms with van der Waals surface area (Å²) in [5.74, 6) is 0. The Kier molecular flexibility index (Phi) is 4.37. The third-order valence-electron chi connectivity index (χ3n) is 5.32. The summed E-state index contributed by atoms with van der Waals surface area (Å²) in [7, 11) is 0. The van der Waals surface area contributed by atoms with Crippen LogP contribution in [0.25, 0.3) is 26.9 Å². The molecule has 0 amide bonds. The molecule has 0 atom stereocenters. The fourth-order valence-corrected chi connectivity index (χ4v) is 4.70. The van der Waals surface area contributed by atoms with Crippen molar-refractivity contribution >= 4 is 32.8 Å². The van der Waals surface area contributed by atoms with Gasteiger partial charge in [0.25, 0.3) is 5.56 Å². The number of pyridine rings is 2. The first-order valence-electron chi connectivity index (χ1n) is 9.67. The first-order chi connectivity index (χ1) is 13.7. The van der Waals surface area contributed by atoms with Crippen LogP contribution >= 0.6 is 11.3 Å². The van der Waals surface area contributed by atoms with E-state index in [0.29, 0.717) is 0 Å². The van der Waals surface area contributed by atoms with E-state index in [1.54, 1.807) is 21.8 Å². The van der Waals surface area contributed by atoms with Gasteiger partial charge in [0, 0.05) is 37.4 Å². The van der Waals surface area contributed by atoms with Crippen LogP contribution in [0.15, 0.2) is 53.5 Å². The second-order valence-electron chi connectivity index (χ2n) is 7.27. The second-order valence-corrected chi connectivity index (χ2v) is 8.51. The minimum Gasteiger partial charge on any atom is -0.369 e. The largest absolute Gasteiger partial charge is 0.369 e. The Morgan fingerprint density at radius 3 is 2.89 bits per heavy atom. The highest BCUT2D eigenvalue weighted by atomic mass is 32.1. The minimum atomic E-state index is -0.00291. The van der Waals surface area contributed by atoms with Crippen molar-refractivity contribution in [2.75, 3.05) is 31.1 Å². The van der Waals surface area contributed by atoms with Gasteiger partial charge in [0.2, 0.25) is 0 Å². The molecule has 5 nitrogen and oxygen atoms in total. The van der Waals surface area contributed by atoms with Crippen LogP contribution < -0.4 is 15.8 Å². The summed E-state index contributed by atoms with van der Waals surface area (Å²) >= 11 is 1.69. The third kappa shape index (κ3) is 3.19. The quantitative estimate of drug-likeness (QED) is 0.567. The summed E-state index contributed by atoms with van der Waals surface area (Å²) in [6.07, 6.45) is 3.09. The standard InChI is InChI=1S/C22H22N4OS/c1-15-24-20-12-16(3-6-21(20)28-15)17-11-18-4-5-19(14-26(18)22(27)13-17)25-9-2-7-23-8-10-25/h3-6,11-14,23H,2,7-10H2,1H3. The maximum Gasteiger partial charge on any atom is 0.255 e. The van der Waals surface area contributed by atoms with E-state index in [9.17, 15) is 4.79 Å². The molecule has 0 unspecified atom stereocenters. The van der Waals surface area contributed by atoms with Crippen LogP contribution in [0.4, 0.5) is 5.69 Å². The van der Waals surface area contributed by atoms with Gasteiger partial charge in [0.1, 0.15) is 0 Å². The fraction of sp³-hybridized carbons (Fsp3) is 0.273. The van der Waals surface area contributed by atoms with E-state index in [-0.39, 0.29) is 5.56 Å². The van der Waals surface area contributed by atoms with Crippen molar-refractivity contribution in [3.63, 3.8) is 0 Å². The first kappa shape index (κ1) is 17.4. The lowest BCUT2D eigenvalue weighted by atomic mass is 10.1. The Bertz CT molecular complexity index is 1220. The normalized spacial score (nSPS) is 15.2. The zero-order valence-electron chi connectivity index (χ0n) is 15.8. The number of hydrogen-bond donors (Lipinski definition) is 1. The van der Waals surface area contributed by atoms with Gasteiger partial charge in [-0.3, -0.25) is 9.20 Å². The van der Waals surface area contributed by atoms with Crippen LogP contribution in [0.5, 0.6) is 0 Å². The lowest BCUT2D eigenvalue weighted by Crippen LogP contribution is -2.28. The van der Waals surface area contributed by atoms with Gasteiger partial charge in [0.05, 0.1) is 20.9 Å². The van der Waals surface area contributed by atoms with Gasteiger partial charge in [-0.1, -0.05) is 6.07 Å². The molecule has 0 radical (unpaired) electrons. The van der Waals surface area contributed by atoms with Crippen LogP contribution in [0.1, 0.15) is 11.4 Å². The van der Waals surface area contributed by atoms with E-state index in [0.717, 1.165) is 65.5 Å². The van der Waals surface area contributed by atoms with Crippen LogP contribution in [-0.4, -0.2) is 35.6 Å². The molecule has 1 aliphatic rings. The number of fused-ring (bicyclic) bond motifs is 2. The Balaban J connectivity index is 1.56. The van der Waals surface area contributed by atoms with Gasteiger partial charge in [-0.05, 0) is 61.3 Å². The Morgan fingerprint density at radius 2 is 1.96 bits per heavy atom. The molecule has 4 aromatic rings. The van der Waals surface area contributed by atoms with Gasteiger partial charge in [-0.25, -0.2) is 4.98 Å². The highest BCUT2D eigenvalue weighted by Gasteiger charge is 2.11. The summed E-state index contributed by atoms with van der Waals surface area (Å²) < 4.78 is 2.93. The molecule has 3 aromatic heterocycles. The summed E-state index contributed by atoms with van der Waals surface area (Å²) in [5.41, 5.74) is 4.96. The van der Waals surface area contributed by atoms with Crippen LogP contribution in [-0.2, 0) is 0 Å². The topological polar surface area (TPSA) is 49.6 Å². The molecule has 5 rings (SSSR count). The maximum absolute atomic E-state index is 12.9. The number of hydrogen-bond acceptors (Lipinski definition) is 5. The SMILES string of the molecule is Cc1nc2cc(-c3cc(=O)n4cc(N5CCCNCC5)ccc4c3)ccc2s1. The Hall–Kier alpha value is -2.70. The number of aromatic nitrogens is 2. The van der Waals surface area contributed by atoms with Gasteiger partial charge < -0.3 is 10.2 Å². The van der Waals surface area contributed by atoms with E-state index >= 15 is 0 Å². The molecular weight excluding hydrogens is 368 g/mol. The summed E-state index contributed by atoms with van der Waals surface area (Å²) in [5, 5.41) is 4.48. The average molecular weight is 391 g/mol. The zero-order chi connectivity index (χ0) is 19.1. The number of benzene rings is 1. The summed E-state index contributed by atoms with van der Waals surface area (Å²) in [6, 6.07) is 14.2. The molecule has 4 heterocycles. The van der Waals surface area contributed by atoms with Crippen LogP contribution in [0, 0.1) is 6.92 Å². The van der Waals surface area contributed by atoms with Crippen molar-refractivity contribution in [2.24, 2.45) is 0 Å². The van der Waals surface area contributed by atoms with Crippen molar-refractivity contribution in [2.45, 2.75) is 13.3 Å². The Labute approximate surface area is 167 Å². The first-order valence-corrected chi connectivity index (χ1v) is 10.5. The van der Waals surface area contributed by atoms with Crippen LogP contribution in [0.3, 0.4) is 0 Å². The molecule has 28 heavy (non-hydrogen) atoms. The predicted molar refractivity (Wildman–Crippen MR) is 117 cm³/mol. The average Bonchev–Trinajstić information content (AvgIpc) is 2.89. The van der Waals surface area contributed by atoms with E-state index in [4.69, 9.17) is 0 Å². The van der Waals surface area contributed by atoms with Gasteiger partial charge in [-0.2, -0.15) is 0 Å². The summed E-state index contributed by atoms with van der Waals surface area (Å²) in [4.78, 5) is 19.8. The van der Waals surface area contributed by atoms with Crippen molar-refractivity contribution in [3.8, 4) is 11.1 Å². The van der Waals surface area contributed by atoms with Gasteiger partial charge in [-0.15, -0.1) is 11.3 Å². The minimum absolute atomic E-state index is 0.00291. The molecule has 1 aliphatic heterocycles. The molecule has 1 fully saturated rings. The number of nitrogens with one attached hydrogen (secondary N) is 1. The number of rotatable bonds is 2. The van der Waals surface area contributed by atoms with Gasteiger partial charge >= 0.3 is 0 Å². The monoisotopic (exact) mass is 390 g/mol. The van der Waals surface area contributed by atoms with Gasteiger partial charge in [0.15, 0.2) is 0 Å². The molecule has 6 heteroatoms. The molecular formula is C22H22N4OS. The van der Waals surface area contributed by atoms with E-state index in [1.165, 1.54) is 4.70 Å². The molecule has 142 valence electrons. The molecule has 1 N–H and O–H groups in total. The lowest BCUT2D eigenvalue weighted by molar-refractivity contribution is 0.724. The number of aryl methyl sites for hydroxylation is 1. The number of anilines is 1. The number of thiazole rings is 1. The van der Waals surface area contributed by atoms with E-state index in [2.05, 4.69) is 45.5 Å². The fourth-order valence-electron chi connectivity index (χ4n) is 3.89. The maximum atomic E-state index is 12.9. The highest BCUT2D eigenvalue weighted by molar-refractivity contribution is 7.18.